The molecule has 18 heavy (non-hydrogen) atoms. The number of esters is 1. The first-order valence-corrected chi connectivity index (χ1v) is 6.33. The van der Waals surface area contributed by atoms with E-state index in [1.165, 1.54) is 0 Å². The topological polar surface area (TPSA) is 39.2 Å². The Labute approximate surface area is 114 Å². The second kappa shape index (κ2) is 6.31. The third kappa shape index (κ3) is 3.96. The van der Waals surface area contributed by atoms with E-state index >= 15 is 0 Å². The summed E-state index contributed by atoms with van der Waals surface area (Å²) in [6, 6.07) is 13.1. The highest BCUT2D eigenvalue weighted by Crippen LogP contribution is 2.11. The molecule has 2 aromatic rings. The first-order valence-electron chi connectivity index (χ1n) is 5.54. The van der Waals surface area contributed by atoms with Crippen LogP contribution in [0.15, 0.2) is 53.1 Å². The van der Waals surface area contributed by atoms with Gasteiger partial charge in [-0.05, 0) is 29.8 Å². The molecule has 3 nitrogen and oxygen atoms in total. The molecule has 1 heterocycles. The number of pyridine rings is 1. The van der Waals surface area contributed by atoms with Gasteiger partial charge in [0.1, 0.15) is 6.61 Å². The molecule has 2 rings (SSSR count). The fourth-order valence-corrected chi connectivity index (χ4v) is 1.72. The molecule has 0 aliphatic carbocycles. The fraction of sp³-hybridized carbons (Fsp3) is 0.143. The van der Waals surface area contributed by atoms with Gasteiger partial charge in [-0.25, -0.2) is 0 Å². The smallest absolute Gasteiger partial charge is 0.310 e. The number of hydrogen-bond acceptors (Lipinski definition) is 3. The Kier molecular flexibility index (Phi) is 4.47. The Balaban J connectivity index is 1.84. The lowest BCUT2D eigenvalue weighted by Crippen LogP contribution is -2.08. The highest BCUT2D eigenvalue weighted by Gasteiger charge is 2.05. The molecule has 4 heteroatoms. The van der Waals surface area contributed by atoms with Crippen molar-refractivity contribution in [3.63, 3.8) is 0 Å². The number of carbonyl (C=O) groups excluding carboxylic acids is 1. The molecule has 0 aliphatic heterocycles. The number of halogens is 1. The normalized spacial score (nSPS) is 10.1. The summed E-state index contributed by atoms with van der Waals surface area (Å²) in [7, 11) is 0. The molecule has 0 fully saturated rings. The van der Waals surface area contributed by atoms with Crippen molar-refractivity contribution in [2.24, 2.45) is 0 Å². The standard InChI is InChI=1S/C14H12BrNO2/c15-12-6-4-11(5-7-12)9-14(17)18-10-13-3-1-2-8-16-13/h1-8H,9-10H2. The Hall–Kier alpha value is -1.68. The Morgan fingerprint density at radius 1 is 1.17 bits per heavy atom. The van der Waals surface area contributed by atoms with E-state index in [4.69, 9.17) is 4.74 Å². The Bertz CT molecular complexity index is 511. The number of hydrogen-bond donors (Lipinski definition) is 0. The molecule has 0 amide bonds. The number of carbonyl (C=O) groups is 1. The predicted octanol–water partition coefficient (Wildman–Crippen LogP) is 3.13. The van der Waals surface area contributed by atoms with Crippen LogP contribution in [0.1, 0.15) is 11.3 Å². The van der Waals surface area contributed by atoms with Crippen LogP contribution in [0.3, 0.4) is 0 Å². The van der Waals surface area contributed by atoms with Crippen LogP contribution >= 0.6 is 15.9 Å². The van der Waals surface area contributed by atoms with Crippen LogP contribution < -0.4 is 0 Å². The zero-order valence-corrected chi connectivity index (χ0v) is 11.3. The SMILES string of the molecule is O=C(Cc1ccc(Br)cc1)OCc1ccccn1. The molecule has 0 spiro atoms. The van der Waals surface area contributed by atoms with Gasteiger partial charge >= 0.3 is 5.97 Å². The third-order valence-corrected chi connectivity index (χ3v) is 2.90. The lowest BCUT2D eigenvalue weighted by Gasteiger charge is -2.04. The van der Waals surface area contributed by atoms with Gasteiger partial charge in [-0.15, -0.1) is 0 Å². The quantitative estimate of drug-likeness (QED) is 0.815. The van der Waals surface area contributed by atoms with E-state index in [1.807, 2.05) is 42.5 Å². The lowest BCUT2D eigenvalue weighted by atomic mass is 10.2. The second-order valence-corrected chi connectivity index (χ2v) is 4.70. The van der Waals surface area contributed by atoms with Gasteiger partial charge in [0.05, 0.1) is 12.1 Å². The summed E-state index contributed by atoms with van der Waals surface area (Å²) in [4.78, 5) is 15.7. The second-order valence-electron chi connectivity index (χ2n) is 3.79. The van der Waals surface area contributed by atoms with Crippen LogP contribution in [0.25, 0.3) is 0 Å². The zero-order valence-electron chi connectivity index (χ0n) is 9.67. The van der Waals surface area contributed by atoms with Crippen LogP contribution in [0.5, 0.6) is 0 Å². The lowest BCUT2D eigenvalue weighted by molar-refractivity contribution is -0.144. The molecule has 0 aliphatic rings. The number of ether oxygens (including phenoxy) is 1. The Morgan fingerprint density at radius 3 is 2.61 bits per heavy atom. The largest absolute Gasteiger partial charge is 0.459 e. The van der Waals surface area contributed by atoms with Crippen LogP contribution in [0.2, 0.25) is 0 Å². The molecule has 0 saturated heterocycles. The summed E-state index contributed by atoms with van der Waals surface area (Å²) >= 11 is 3.35. The van der Waals surface area contributed by atoms with E-state index in [-0.39, 0.29) is 19.0 Å². The van der Waals surface area contributed by atoms with E-state index in [2.05, 4.69) is 20.9 Å². The average Bonchev–Trinajstić information content (AvgIpc) is 2.40. The first kappa shape index (κ1) is 12.8. The highest BCUT2D eigenvalue weighted by atomic mass is 79.9. The third-order valence-electron chi connectivity index (χ3n) is 2.37. The van der Waals surface area contributed by atoms with Gasteiger partial charge in [0.2, 0.25) is 0 Å². The highest BCUT2D eigenvalue weighted by molar-refractivity contribution is 9.10. The van der Waals surface area contributed by atoms with Crippen molar-refractivity contribution in [3.8, 4) is 0 Å². The van der Waals surface area contributed by atoms with Crippen molar-refractivity contribution in [3.05, 3.63) is 64.4 Å². The predicted molar refractivity (Wildman–Crippen MR) is 71.9 cm³/mol. The summed E-state index contributed by atoms with van der Waals surface area (Å²) in [5.74, 6) is -0.247. The summed E-state index contributed by atoms with van der Waals surface area (Å²) < 4.78 is 6.14. The minimum Gasteiger partial charge on any atom is -0.459 e. The molecule has 0 unspecified atom stereocenters. The van der Waals surface area contributed by atoms with Crippen molar-refractivity contribution < 1.29 is 9.53 Å². The average molecular weight is 306 g/mol. The van der Waals surface area contributed by atoms with E-state index in [0.29, 0.717) is 0 Å². The zero-order chi connectivity index (χ0) is 12.8. The maximum atomic E-state index is 11.6. The van der Waals surface area contributed by atoms with Crippen LogP contribution in [-0.2, 0) is 22.6 Å². The molecule has 0 saturated carbocycles. The van der Waals surface area contributed by atoms with E-state index in [9.17, 15) is 4.79 Å². The number of benzene rings is 1. The Morgan fingerprint density at radius 2 is 1.94 bits per heavy atom. The molecule has 1 aromatic carbocycles. The molecule has 0 radical (unpaired) electrons. The molecule has 0 N–H and O–H groups in total. The van der Waals surface area contributed by atoms with Crippen molar-refractivity contribution >= 4 is 21.9 Å². The van der Waals surface area contributed by atoms with Crippen LogP contribution in [0.4, 0.5) is 0 Å². The van der Waals surface area contributed by atoms with Gasteiger partial charge in [0, 0.05) is 10.7 Å². The molecular formula is C14H12BrNO2. The van der Waals surface area contributed by atoms with Gasteiger partial charge in [0.15, 0.2) is 0 Å². The monoisotopic (exact) mass is 305 g/mol. The molecule has 0 atom stereocenters. The van der Waals surface area contributed by atoms with Gasteiger partial charge in [0.25, 0.3) is 0 Å². The summed E-state index contributed by atoms with van der Waals surface area (Å²) in [5, 5.41) is 0. The van der Waals surface area contributed by atoms with E-state index in [0.717, 1.165) is 15.7 Å². The van der Waals surface area contributed by atoms with Gasteiger partial charge in [-0.1, -0.05) is 34.1 Å². The molecule has 0 bridgehead atoms. The molecule has 1 aromatic heterocycles. The van der Waals surface area contributed by atoms with Crippen LogP contribution in [-0.4, -0.2) is 11.0 Å². The van der Waals surface area contributed by atoms with Crippen molar-refractivity contribution in [2.45, 2.75) is 13.0 Å². The van der Waals surface area contributed by atoms with Gasteiger partial charge in [-0.2, -0.15) is 0 Å². The number of nitrogens with zero attached hydrogens (tertiary/aromatic N) is 1. The van der Waals surface area contributed by atoms with Crippen molar-refractivity contribution in [1.82, 2.24) is 4.98 Å². The van der Waals surface area contributed by atoms with Crippen molar-refractivity contribution in [1.29, 1.82) is 0 Å². The minimum absolute atomic E-state index is 0.218. The summed E-state index contributed by atoms with van der Waals surface area (Å²) in [6.45, 7) is 0.218. The first-order chi connectivity index (χ1) is 8.74. The maximum Gasteiger partial charge on any atom is 0.310 e. The van der Waals surface area contributed by atoms with Crippen molar-refractivity contribution in [2.75, 3.05) is 0 Å². The maximum absolute atomic E-state index is 11.6. The molecular weight excluding hydrogens is 294 g/mol. The summed E-state index contributed by atoms with van der Waals surface area (Å²) in [5.41, 5.74) is 1.69. The van der Waals surface area contributed by atoms with Gasteiger partial charge in [-0.3, -0.25) is 9.78 Å². The number of rotatable bonds is 4. The van der Waals surface area contributed by atoms with E-state index in [1.54, 1.807) is 6.20 Å². The fourth-order valence-electron chi connectivity index (χ4n) is 1.46. The van der Waals surface area contributed by atoms with Gasteiger partial charge < -0.3 is 4.74 Å². The van der Waals surface area contributed by atoms with Crippen LogP contribution in [0, 0.1) is 0 Å². The summed E-state index contributed by atoms with van der Waals surface area (Å²) in [6.07, 6.45) is 1.96. The number of aromatic nitrogens is 1. The minimum atomic E-state index is -0.247. The molecule has 92 valence electrons. The van der Waals surface area contributed by atoms with E-state index < -0.39 is 0 Å².